The van der Waals surface area contributed by atoms with Crippen LogP contribution >= 0.6 is 0 Å². The Labute approximate surface area is 155 Å². The van der Waals surface area contributed by atoms with E-state index in [0.717, 1.165) is 25.2 Å². The van der Waals surface area contributed by atoms with Crippen LogP contribution in [0.3, 0.4) is 0 Å². The number of ether oxygens (including phenoxy) is 1. The van der Waals surface area contributed by atoms with Crippen LogP contribution in [0.1, 0.15) is 63.4 Å². The molecule has 1 spiro atoms. The minimum Gasteiger partial charge on any atom is -0.472 e. The van der Waals surface area contributed by atoms with Crippen molar-refractivity contribution in [1.82, 2.24) is 0 Å². The van der Waals surface area contributed by atoms with E-state index in [1.807, 2.05) is 6.26 Å². The molecule has 0 bridgehead atoms. The third kappa shape index (κ3) is 5.26. The van der Waals surface area contributed by atoms with E-state index in [-0.39, 0.29) is 12.7 Å². The van der Waals surface area contributed by atoms with E-state index < -0.39 is 6.04 Å². The predicted molar refractivity (Wildman–Crippen MR) is 99.6 cm³/mol. The molecular weight excluding hydrogens is 330 g/mol. The number of furan rings is 1. The average Bonchev–Trinajstić information content (AvgIpc) is 3.20. The highest BCUT2D eigenvalue weighted by Crippen LogP contribution is 2.50. The third-order valence-electron chi connectivity index (χ3n) is 6.53. The van der Waals surface area contributed by atoms with E-state index in [4.69, 9.17) is 19.8 Å². The Morgan fingerprint density at radius 3 is 2.62 bits per heavy atom. The van der Waals surface area contributed by atoms with Crippen molar-refractivity contribution in [2.45, 2.75) is 76.4 Å². The lowest BCUT2D eigenvalue weighted by Gasteiger charge is -2.45. The van der Waals surface area contributed by atoms with Crippen LogP contribution in [0.15, 0.2) is 28.1 Å². The van der Waals surface area contributed by atoms with Crippen molar-refractivity contribution in [3.63, 3.8) is 0 Å². The number of hydrogen-bond acceptors (Lipinski definition) is 4. The van der Waals surface area contributed by atoms with Gasteiger partial charge >= 0.3 is 0 Å². The molecule has 0 aliphatic heterocycles. The molecule has 3 rings (SSSR count). The van der Waals surface area contributed by atoms with Crippen LogP contribution in [0.5, 0.6) is 0 Å². The number of aryl methyl sites for hydroxylation is 1. The molecule has 1 N–H and O–H groups in total. The molecule has 1 heterocycles. The standard InChI is InChI=1S/C20H31N3O3/c21-23-22-18(13-24)15-26-19-5-10-20(11-6-19)8-3-16(4-9-20)1-2-17-7-12-25-14-17/h7,12,14,16,18-19,24H,1-6,8-11,13,15H2. The Morgan fingerprint density at radius 1 is 1.27 bits per heavy atom. The molecule has 2 saturated carbocycles. The first-order chi connectivity index (χ1) is 12.7. The Bertz CT molecular complexity index is 565. The first-order valence-electron chi connectivity index (χ1n) is 10.0. The van der Waals surface area contributed by atoms with Gasteiger partial charge in [0.2, 0.25) is 0 Å². The second kappa shape index (κ2) is 9.45. The van der Waals surface area contributed by atoms with Crippen molar-refractivity contribution in [2.24, 2.45) is 16.4 Å². The van der Waals surface area contributed by atoms with Gasteiger partial charge in [-0.2, -0.15) is 0 Å². The maximum absolute atomic E-state index is 9.16. The zero-order valence-electron chi connectivity index (χ0n) is 15.6. The number of rotatable bonds is 8. The summed E-state index contributed by atoms with van der Waals surface area (Å²) in [5, 5.41) is 12.7. The van der Waals surface area contributed by atoms with Crippen molar-refractivity contribution in [2.75, 3.05) is 13.2 Å². The number of nitrogens with zero attached hydrogens (tertiary/aromatic N) is 3. The summed E-state index contributed by atoms with van der Waals surface area (Å²) in [6.07, 6.45) is 16.4. The second-order valence-corrected chi connectivity index (χ2v) is 8.19. The summed E-state index contributed by atoms with van der Waals surface area (Å²) < 4.78 is 11.1. The van der Waals surface area contributed by atoms with Crippen LogP contribution in [0.25, 0.3) is 10.4 Å². The monoisotopic (exact) mass is 361 g/mol. The van der Waals surface area contributed by atoms with Crippen LogP contribution in [0.2, 0.25) is 0 Å². The minimum atomic E-state index is -0.457. The quantitative estimate of drug-likeness (QED) is 0.400. The summed E-state index contributed by atoms with van der Waals surface area (Å²) in [6.45, 7) is 0.176. The molecule has 6 heteroatoms. The Kier molecular flexibility index (Phi) is 7.00. The largest absolute Gasteiger partial charge is 0.472 e. The molecule has 1 aromatic heterocycles. The van der Waals surface area contributed by atoms with Gasteiger partial charge < -0.3 is 14.3 Å². The molecular formula is C20H31N3O3. The lowest BCUT2D eigenvalue weighted by molar-refractivity contribution is -0.0267. The lowest BCUT2D eigenvalue weighted by atomic mass is 9.62. The second-order valence-electron chi connectivity index (χ2n) is 8.19. The molecule has 0 amide bonds. The minimum absolute atomic E-state index is 0.152. The van der Waals surface area contributed by atoms with Crippen molar-refractivity contribution < 1.29 is 14.3 Å². The molecule has 26 heavy (non-hydrogen) atoms. The summed E-state index contributed by atoms with van der Waals surface area (Å²) in [7, 11) is 0. The zero-order valence-corrected chi connectivity index (χ0v) is 15.6. The summed E-state index contributed by atoms with van der Waals surface area (Å²) in [4.78, 5) is 2.76. The van der Waals surface area contributed by atoms with Gasteiger partial charge in [0.15, 0.2) is 0 Å². The highest BCUT2D eigenvalue weighted by atomic mass is 16.5. The molecule has 2 aliphatic carbocycles. The van der Waals surface area contributed by atoms with Crippen molar-refractivity contribution in [3.8, 4) is 0 Å². The van der Waals surface area contributed by atoms with Crippen molar-refractivity contribution in [1.29, 1.82) is 0 Å². The highest BCUT2D eigenvalue weighted by molar-refractivity contribution is 5.05. The molecule has 1 aromatic rings. The van der Waals surface area contributed by atoms with Gasteiger partial charge in [0, 0.05) is 4.91 Å². The number of aliphatic hydroxyl groups is 1. The van der Waals surface area contributed by atoms with E-state index in [1.54, 1.807) is 6.26 Å². The van der Waals surface area contributed by atoms with E-state index in [0.29, 0.717) is 12.0 Å². The van der Waals surface area contributed by atoms with Crippen molar-refractivity contribution >= 4 is 0 Å². The van der Waals surface area contributed by atoms with Gasteiger partial charge in [0.1, 0.15) is 0 Å². The van der Waals surface area contributed by atoms with Crippen LogP contribution in [0.4, 0.5) is 0 Å². The number of hydrogen-bond donors (Lipinski definition) is 1. The van der Waals surface area contributed by atoms with Gasteiger partial charge in [-0.25, -0.2) is 0 Å². The smallest absolute Gasteiger partial charge is 0.0934 e. The zero-order chi connectivity index (χ0) is 18.2. The Hall–Kier alpha value is -1.49. The molecule has 1 atom stereocenters. The fourth-order valence-electron chi connectivity index (χ4n) is 4.70. The molecule has 0 saturated heterocycles. The molecule has 0 radical (unpaired) electrons. The van der Waals surface area contributed by atoms with Gasteiger partial charge in [-0.15, -0.1) is 0 Å². The first-order valence-corrected chi connectivity index (χ1v) is 10.0. The fraction of sp³-hybridized carbons (Fsp3) is 0.800. The van der Waals surface area contributed by atoms with Gasteiger partial charge in [-0.3, -0.25) is 0 Å². The average molecular weight is 361 g/mol. The van der Waals surface area contributed by atoms with Gasteiger partial charge in [-0.05, 0) is 92.7 Å². The Morgan fingerprint density at radius 2 is 2.00 bits per heavy atom. The van der Waals surface area contributed by atoms with Crippen LogP contribution in [0, 0.1) is 11.3 Å². The molecule has 2 fully saturated rings. The maximum Gasteiger partial charge on any atom is 0.0934 e. The van der Waals surface area contributed by atoms with Crippen LogP contribution in [-0.2, 0) is 11.2 Å². The SMILES string of the molecule is [N-]=[N+]=NC(CO)COC1CCC2(CCC(CCc3ccoc3)CC2)CC1. The molecule has 6 nitrogen and oxygen atoms in total. The third-order valence-corrected chi connectivity index (χ3v) is 6.53. The van der Waals surface area contributed by atoms with Crippen molar-refractivity contribution in [3.05, 3.63) is 34.6 Å². The summed E-state index contributed by atoms with van der Waals surface area (Å²) in [6, 6.07) is 1.62. The summed E-state index contributed by atoms with van der Waals surface area (Å²) in [5.74, 6) is 0.860. The normalized spacial score (nSPS) is 30.0. The van der Waals surface area contributed by atoms with E-state index in [2.05, 4.69) is 16.1 Å². The van der Waals surface area contributed by atoms with Gasteiger partial charge in [0.25, 0.3) is 0 Å². The maximum atomic E-state index is 9.16. The van der Waals surface area contributed by atoms with E-state index in [9.17, 15) is 0 Å². The first kappa shape index (κ1) is 19.3. The number of azide groups is 1. The van der Waals surface area contributed by atoms with E-state index in [1.165, 1.54) is 50.5 Å². The van der Waals surface area contributed by atoms with Gasteiger partial charge in [-0.1, -0.05) is 5.11 Å². The lowest BCUT2D eigenvalue weighted by Crippen LogP contribution is -2.35. The molecule has 2 aliphatic rings. The van der Waals surface area contributed by atoms with E-state index >= 15 is 0 Å². The molecule has 144 valence electrons. The highest BCUT2D eigenvalue weighted by Gasteiger charge is 2.38. The molecule has 0 aromatic carbocycles. The summed E-state index contributed by atoms with van der Waals surface area (Å²) >= 11 is 0. The van der Waals surface area contributed by atoms with Gasteiger partial charge in [0.05, 0.1) is 37.9 Å². The fourth-order valence-corrected chi connectivity index (χ4v) is 4.70. The van der Waals surface area contributed by atoms with Crippen LogP contribution < -0.4 is 0 Å². The Balaban J connectivity index is 1.36. The number of aliphatic hydroxyl groups excluding tert-OH is 1. The molecule has 1 unspecified atom stereocenters. The summed E-state index contributed by atoms with van der Waals surface area (Å²) in [5.41, 5.74) is 10.3. The predicted octanol–water partition coefficient (Wildman–Crippen LogP) is 5.02. The van der Waals surface area contributed by atoms with Crippen LogP contribution in [-0.4, -0.2) is 30.5 Å². The topological polar surface area (TPSA) is 91.4 Å².